The number of carbonyl (C=O) groups is 2. The van der Waals surface area contributed by atoms with E-state index < -0.39 is 5.91 Å². The van der Waals surface area contributed by atoms with Crippen molar-refractivity contribution in [2.24, 2.45) is 0 Å². The van der Waals surface area contributed by atoms with Gasteiger partial charge in [0.2, 0.25) is 0 Å². The van der Waals surface area contributed by atoms with Crippen molar-refractivity contribution in [2.45, 2.75) is 20.8 Å². The van der Waals surface area contributed by atoms with Crippen LogP contribution < -0.4 is 15.0 Å². The Morgan fingerprint density at radius 2 is 1.62 bits per heavy atom. The average Bonchev–Trinajstić information content (AvgIpc) is 2.98. The number of amides is 2. The predicted octanol–water partition coefficient (Wildman–Crippen LogP) is 5.67. The molecular weight excluding hydrogens is 424 g/mol. The van der Waals surface area contributed by atoms with Crippen LogP contribution in [0.15, 0.2) is 66.4 Å². The molecule has 0 aromatic heterocycles. The molecular formula is C26H23ClN2O3. The number of halogens is 1. The molecule has 3 aromatic carbocycles. The summed E-state index contributed by atoms with van der Waals surface area (Å²) < 4.78 is 5.21. The van der Waals surface area contributed by atoms with E-state index in [1.54, 1.807) is 24.3 Å². The first-order chi connectivity index (χ1) is 15.3. The third-order valence-electron chi connectivity index (χ3n) is 5.42. The van der Waals surface area contributed by atoms with Crippen molar-refractivity contribution >= 4 is 40.4 Å². The highest BCUT2D eigenvalue weighted by molar-refractivity contribution is 6.46. The number of rotatable bonds is 5. The quantitative estimate of drug-likeness (QED) is 0.513. The maximum atomic E-state index is 13.6. The molecule has 0 saturated carbocycles. The largest absolute Gasteiger partial charge is 0.495 e. The van der Waals surface area contributed by atoms with E-state index in [2.05, 4.69) is 5.32 Å². The van der Waals surface area contributed by atoms with Crippen molar-refractivity contribution in [3.8, 4) is 5.75 Å². The molecule has 1 aliphatic heterocycles. The lowest BCUT2D eigenvalue weighted by atomic mass is 9.97. The van der Waals surface area contributed by atoms with E-state index in [0.29, 0.717) is 33.3 Å². The Kier molecular flexibility index (Phi) is 5.76. The van der Waals surface area contributed by atoms with E-state index in [-0.39, 0.29) is 11.6 Å². The predicted molar refractivity (Wildman–Crippen MR) is 128 cm³/mol. The Hall–Kier alpha value is -3.57. The Morgan fingerprint density at radius 3 is 2.28 bits per heavy atom. The monoisotopic (exact) mass is 446 g/mol. The minimum Gasteiger partial charge on any atom is -0.495 e. The molecule has 2 amide bonds. The number of nitrogens with one attached hydrogen (secondary N) is 1. The van der Waals surface area contributed by atoms with Crippen LogP contribution in [-0.2, 0) is 9.59 Å². The second kappa shape index (κ2) is 8.52. The smallest absolute Gasteiger partial charge is 0.282 e. The molecule has 5 nitrogen and oxygen atoms in total. The Balaban J connectivity index is 1.85. The average molecular weight is 447 g/mol. The van der Waals surface area contributed by atoms with Crippen LogP contribution in [0.25, 0.3) is 5.57 Å². The number of methoxy groups -OCH3 is 1. The number of ether oxygens (including phenoxy) is 1. The second-order valence-corrected chi connectivity index (χ2v) is 8.23. The first kappa shape index (κ1) is 21.7. The highest BCUT2D eigenvalue weighted by Crippen LogP contribution is 2.36. The Morgan fingerprint density at radius 1 is 0.875 bits per heavy atom. The van der Waals surface area contributed by atoms with Crippen molar-refractivity contribution in [3.63, 3.8) is 0 Å². The molecule has 32 heavy (non-hydrogen) atoms. The lowest BCUT2D eigenvalue weighted by Crippen LogP contribution is -2.32. The maximum absolute atomic E-state index is 13.6. The first-order valence-corrected chi connectivity index (χ1v) is 10.6. The van der Waals surface area contributed by atoms with E-state index in [1.165, 1.54) is 12.0 Å². The molecule has 0 fully saturated rings. The van der Waals surface area contributed by atoms with Crippen LogP contribution in [0, 0.1) is 20.8 Å². The van der Waals surface area contributed by atoms with E-state index in [4.69, 9.17) is 16.3 Å². The zero-order valence-electron chi connectivity index (χ0n) is 18.3. The van der Waals surface area contributed by atoms with Gasteiger partial charge in [0.05, 0.1) is 23.4 Å². The van der Waals surface area contributed by atoms with Gasteiger partial charge in [-0.15, -0.1) is 0 Å². The molecule has 0 saturated heterocycles. The summed E-state index contributed by atoms with van der Waals surface area (Å²) in [5.41, 5.74) is 5.33. The van der Waals surface area contributed by atoms with Crippen molar-refractivity contribution in [2.75, 3.05) is 17.3 Å². The van der Waals surface area contributed by atoms with Gasteiger partial charge in [-0.3, -0.25) is 9.59 Å². The van der Waals surface area contributed by atoms with E-state index in [1.807, 2.05) is 57.2 Å². The summed E-state index contributed by atoms with van der Waals surface area (Å²) >= 11 is 6.27. The SMILES string of the molecule is COc1ccc(NC2=C(c3ccc(C)cc3C)C(=O)N(c3cccc(C)c3)C2=O)cc1Cl. The normalized spacial score (nSPS) is 13.7. The zero-order chi connectivity index (χ0) is 23.0. The third-order valence-corrected chi connectivity index (χ3v) is 5.71. The Bertz CT molecular complexity index is 1280. The van der Waals surface area contributed by atoms with Gasteiger partial charge in [-0.1, -0.05) is 47.5 Å². The van der Waals surface area contributed by atoms with Crippen LogP contribution in [0.2, 0.25) is 5.02 Å². The summed E-state index contributed by atoms with van der Waals surface area (Å²) in [6.45, 7) is 5.85. The lowest BCUT2D eigenvalue weighted by molar-refractivity contribution is -0.120. The molecule has 0 unspecified atom stereocenters. The van der Waals surface area contributed by atoms with Crippen LogP contribution in [0.1, 0.15) is 22.3 Å². The van der Waals surface area contributed by atoms with Crippen LogP contribution in [0.4, 0.5) is 11.4 Å². The van der Waals surface area contributed by atoms with Crippen LogP contribution >= 0.6 is 11.6 Å². The van der Waals surface area contributed by atoms with Gasteiger partial charge in [-0.25, -0.2) is 4.90 Å². The number of anilines is 2. The molecule has 0 bridgehead atoms. The molecule has 0 aliphatic carbocycles. The van der Waals surface area contributed by atoms with Crippen LogP contribution in [0.3, 0.4) is 0 Å². The maximum Gasteiger partial charge on any atom is 0.282 e. The van der Waals surface area contributed by atoms with Gasteiger partial charge in [0.25, 0.3) is 11.8 Å². The molecule has 0 spiro atoms. The molecule has 1 N–H and O–H groups in total. The first-order valence-electron chi connectivity index (χ1n) is 10.2. The number of nitrogens with zero attached hydrogens (tertiary/aromatic N) is 1. The molecule has 6 heteroatoms. The molecule has 162 valence electrons. The molecule has 3 aromatic rings. The summed E-state index contributed by atoms with van der Waals surface area (Å²) in [6.07, 6.45) is 0. The number of aryl methyl sites for hydroxylation is 3. The van der Waals surface area contributed by atoms with Crippen molar-refractivity contribution in [1.29, 1.82) is 0 Å². The fourth-order valence-electron chi connectivity index (χ4n) is 3.88. The summed E-state index contributed by atoms with van der Waals surface area (Å²) in [5.74, 6) is -0.256. The number of imide groups is 1. The lowest BCUT2D eigenvalue weighted by Gasteiger charge is -2.16. The molecule has 4 rings (SSSR count). The third kappa shape index (κ3) is 3.87. The number of carbonyl (C=O) groups excluding carboxylic acids is 2. The van der Waals surface area contributed by atoms with Gasteiger partial charge >= 0.3 is 0 Å². The van der Waals surface area contributed by atoms with E-state index in [9.17, 15) is 9.59 Å². The van der Waals surface area contributed by atoms with E-state index >= 15 is 0 Å². The van der Waals surface area contributed by atoms with Crippen molar-refractivity contribution in [3.05, 3.63) is 93.6 Å². The molecule has 0 atom stereocenters. The summed E-state index contributed by atoms with van der Waals surface area (Å²) in [6, 6.07) is 18.3. The van der Waals surface area contributed by atoms with Gasteiger partial charge in [0, 0.05) is 5.69 Å². The highest BCUT2D eigenvalue weighted by atomic mass is 35.5. The standard InChI is InChI=1S/C26H23ClN2O3/c1-15-6-5-7-19(13-15)29-25(30)23(20-10-8-16(2)12-17(20)3)24(26(29)31)28-18-9-11-22(32-4)21(27)14-18/h5-14,28H,1-4H3. The topological polar surface area (TPSA) is 58.6 Å². The summed E-state index contributed by atoms with van der Waals surface area (Å²) in [4.78, 5) is 28.3. The van der Waals surface area contributed by atoms with Gasteiger partial charge < -0.3 is 10.1 Å². The summed E-state index contributed by atoms with van der Waals surface area (Å²) in [7, 11) is 1.54. The highest BCUT2D eigenvalue weighted by Gasteiger charge is 2.40. The number of benzene rings is 3. The number of hydrogen-bond donors (Lipinski definition) is 1. The summed E-state index contributed by atoms with van der Waals surface area (Å²) in [5, 5.41) is 3.55. The van der Waals surface area contributed by atoms with Gasteiger partial charge in [0.1, 0.15) is 11.4 Å². The molecule has 1 heterocycles. The zero-order valence-corrected chi connectivity index (χ0v) is 19.1. The van der Waals surface area contributed by atoms with Crippen molar-refractivity contribution < 1.29 is 14.3 Å². The minimum atomic E-state index is -0.414. The van der Waals surface area contributed by atoms with Gasteiger partial charge in [0.15, 0.2) is 0 Å². The number of hydrogen-bond acceptors (Lipinski definition) is 4. The molecule has 0 radical (unpaired) electrons. The van der Waals surface area contributed by atoms with Crippen molar-refractivity contribution in [1.82, 2.24) is 0 Å². The minimum absolute atomic E-state index is 0.213. The van der Waals surface area contributed by atoms with Gasteiger partial charge in [-0.2, -0.15) is 0 Å². The van der Waals surface area contributed by atoms with E-state index in [0.717, 1.165) is 16.7 Å². The molecule has 1 aliphatic rings. The van der Waals surface area contributed by atoms with Crippen LogP contribution in [0.5, 0.6) is 5.75 Å². The fraction of sp³-hybridized carbons (Fsp3) is 0.154. The second-order valence-electron chi connectivity index (χ2n) is 7.83. The Labute approximate surface area is 192 Å². The van der Waals surface area contributed by atoms with Crippen LogP contribution in [-0.4, -0.2) is 18.9 Å². The van der Waals surface area contributed by atoms with Gasteiger partial charge in [-0.05, 0) is 67.8 Å². The fourth-order valence-corrected chi connectivity index (χ4v) is 4.14.